The van der Waals surface area contributed by atoms with Crippen molar-refractivity contribution in [1.82, 2.24) is 0 Å². The van der Waals surface area contributed by atoms with Gasteiger partial charge in [0.25, 0.3) is 0 Å². The van der Waals surface area contributed by atoms with Crippen molar-refractivity contribution < 1.29 is 18.9 Å². The molecule has 60 valence electrons. The zero-order valence-electron chi connectivity index (χ0n) is 6.17. The first-order valence-electron chi connectivity index (χ1n) is 2.85. The van der Waals surface area contributed by atoms with Crippen LogP contribution in [0.25, 0.3) is 0 Å². The molecule has 0 fully saturated rings. The Morgan fingerprint density at radius 1 is 1.17 bits per heavy atom. The maximum atomic E-state index is 10.1. The van der Waals surface area contributed by atoms with Crippen molar-refractivity contribution in [1.29, 1.82) is 0 Å². The Morgan fingerprint density at radius 2 is 1.67 bits per heavy atom. The van der Waals surface area contributed by atoms with Crippen LogP contribution in [0.3, 0.4) is 0 Å². The van der Waals surface area contributed by atoms with Crippen molar-refractivity contribution in [3.8, 4) is 5.75 Å². The van der Waals surface area contributed by atoms with E-state index in [4.69, 9.17) is 0 Å². The predicted octanol–water partition coefficient (Wildman–Crippen LogP) is -0.487. The number of hydrogen-bond acceptors (Lipinski definition) is 4. The van der Waals surface area contributed by atoms with Crippen LogP contribution in [0.4, 0.5) is 0 Å². The normalized spacial score (nSPS) is 10.2. The Labute approximate surface area is 110 Å². The minimum atomic E-state index is -4.89. The average molecular weight is 309 g/mol. The molecular weight excluding hydrogens is 304 g/mol. The number of rotatable bonds is 2. The van der Waals surface area contributed by atoms with Crippen molar-refractivity contribution in [3.63, 3.8) is 0 Å². The molecule has 0 aromatic heterocycles. The summed E-state index contributed by atoms with van der Waals surface area (Å²) in [5.74, 6) is 0.0424. The van der Waals surface area contributed by atoms with E-state index in [1.165, 1.54) is 12.1 Å². The van der Waals surface area contributed by atoms with Crippen molar-refractivity contribution >= 4 is 56.7 Å². The third-order valence-corrected chi connectivity index (χ3v) is 1.39. The molecule has 0 unspecified atom stereocenters. The summed E-state index contributed by atoms with van der Waals surface area (Å²) in [5, 5.41) is 0. The van der Waals surface area contributed by atoms with Crippen LogP contribution in [-0.2, 0) is 4.57 Å². The van der Waals surface area contributed by atoms with E-state index >= 15 is 0 Å². The van der Waals surface area contributed by atoms with Crippen molar-refractivity contribution in [2.45, 2.75) is 0 Å². The van der Waals surface area contributed by atoms with Gasteiger partial charge in [-0.05, 0) is 12.1 Å². The fourth-order valence-corrected chi connectivity index (χ4v) is 0.990. The molecule has 0 aliphatic rings. The van der Waals surface area contributed by atoms with Crippen LogP contribution < -0.4 is 14.3 Å². The summed E-state index contributed by atoms with van der Waals surface area (Å²) in [5.41, 5.74) is 0. The molecule has 0 heterocycles. The van der Waals surface area contributed by atoms with Gasteiger partial charge in [0.15, 0.2) is 0 Å². The van der Waals surface area contributed by atoms with Gasteiger partial charge in [0.1, 0.15) is 13.6 Å². The van der Waals surface area contributed by atoms with E-state index in [1.54, 1.807) is 18.2 Å². The molecule has 6 heteroatoms. The Morgan fingerprint density at radius 3 is 2.08 bits per heavy atom. The molecule has 1 aromatic rings. The second-order valence-electron chi connectivity index (χ2n) is 1.85. The van der Waals surface area contributed by atoms with E-state index in [0.29, 0.717) is 0 Å². The molecule has 0 aliphatic heterocycles. The summed E-state index contributed by atoms with van der Waals surface area (Å²) in [4.78, 5) is 20.1. The summed E-state index contributed by atoms with van der Waals surface area (Å²) < 4.78 is 14.1. The van der Waals surface area contributed by atoms with Crippen LogP contribution in [0.1, 0.15) is 0 Å². The first-order chi connectivity index (χ1) is 5.08. The van der Waals surface area contributed by atoms with Gasteiger partial charge in [-0.3, -0.25) is 0 Å². The topological polar surface area (TPSA) is 72.4 Å². The molecular formula is C6H5BaO4P. The Kier molecular flexibility index (Phi) is 5.80. The fourth-order valence-electron chi connectivity index (χ4n) is 0.610. The third kappa shape index (κ3) is 5.40. The van der Waals surface area contributed by atoms with E-state index in [1.807, 2.05) is 0 Å². The minimum Gasteiger partial charge on any atom is -0.780 e. The van der Waals surface area contributed by atoms with Gasteiger partial charge in [-0.1, -0.05) is 18.2 Å². The van der Waals surface area contributed by atoms with Gasteiger partial charge in [0.05, 0.1) is 0 Å². The van der Waals surface area contributed by atoms with E-state index in [9.17, 15) is 14.4 Å². The van der Waals surface area contributed by atoms with Crippen LogP contribution in [0, 0.1) is 0 Å². The Hall–Kier alpha value is 0.741. The van der Waals surface area contributed by atoms with Gasteiger partial charge in [0, 0.05) is 0 Å². The summed E-state index contributed by atoms with van der Waals surface area (Å²) in [6.07, 6.45) is 0. The van der Waals surface area contributed by atoms with Gasteiger partial charge < -0.3 is 18.9 Å². The summed E-state index contributed by atoms with van der Waals surface area (Å²) in [6, 6.07) is 7.62. The molecule has 0 amide bonds. The van der Waals surface area contributed by atoms with Crippen molar-refractivity contribution in [2.24, 2.45) is 0 Å². The zero-order chi connectivity index (χ0) is 8.32. The first-order valence-corrected chi connectivity index (χ1v) is 4.31. The monoisotopic (exact) mass is 310 g/mol. The second kappa shape index (κ2) is 5.47. The maximum Gasteiger partial charge on any atom is 2.00 e. The molecule has 4 nitrogen and oxygen atoms in total. The van der Waals surface area contributed by atoms with Gasteiger partial charge in [0.2, 0.25) is 0 Å². The van der Waals surface area contributed by atoms with Crippen LogP contribution in [-0.4, -0.2) is 48.9 Å². The van der Waals surface area contributed by atoms with Crippen molar-refractivity contribution in [3.05, 3.63) is 30.3 Å². The van der Waals surface area contributed by atoms with E-state index < -0.39 is 7.82 Å². The van der Waals surface area contributed by atoms with Crippen LogP contribution in [0.2, 0.25) is 0 Å². The largest absolute Gasteiger partial charge is 2.00 e. The van der Waals surface area contributed by atoms with Gasteiger partial charge in [-0.2, -0.15) is 0 Å². The first kappa shape index (κ1) is 12.7. The summed E-state index contributed by atoms with van der Waals surface area (Å²) >= 11 is 0. The third-order valence-electron chi connectivity index (χ3n) is 0.960. The quantitative estimate of drug-likeness (QED) is 0.546. The SMILES string of the molecule is O=P([O-])([O-])Oc1ccccc1.[Ba+2]. The van der Waals surface area contributed by atoms with Crippen molar-refractivity contribution in [2.75, 3.05) is 0 Å². The summed E-state index contributed by atoms with van der Waals surface area (Å²) in [6.45, 7) is 0. The average Bonchev–Trinajstić information content (AvgIpc) is 1.85. The molecule has 0 aliphatic carbocycles. The van der Waals surface area contributed by atoms with Crippen LogP contribution in [0.15, 0.2) is 30.3 Å². The fraction of sp³-hybridized carbons (Fsp3) is 0. The van der Waals surface area contributed by atoms with Crippen LogP contribution in [0.5, 0.6) is 5.75 Å². The van der Waals surface area contributed by atoms with Gasteiger partial charge >= 0.3 is 48.9 Å². The minimum absolute atomic E-state index is 0. The molecule has 0 bridgehead atoms. The predicted molar refractivity (Wildman–Crippen MR) is 40.4 cm³/mol. The smallest absolute Gasteiger partial charge is 0.780 e. The molecule has 0 spiro atoms. The molecule has 0 radical (unpaired) electrons. The van der Waals surface area contributed by atoms with Gasteiger partial charge in [-0.15, -0.1) is 0 Å². The summed E-state index contributed by atoms with van der Waals surface area (Å²) in [7, 11) is -4.89. The second-order valence-corrected chi connectivity index (χ2v) is 2.93. The van der Waals surface area contributed by atoms with Gasteiger partial charge in [-0.25, -0.2) is 0 Å². The number of para-hydroxylation sites is 1. The van der Waals surface area contributed by atoms with Crippen LogP contribution >= 0.6 is 7.82 Å². The zero-order valence-corrected chi connectivity index (χ0v) is 11.5. The molecule has 1 rings (SSSR count). The van der Waals surface area contributed by atoms with E-state index in [2.05, 4.69) is 4.52 Å². The Bertz CT molecular complexity index is 270. The van der Waals surface area contributed by atoms with E-state index in [-0.39, 0.29) is 54.6 Å². The molecule has 0 N–H and O–H groups in total. The van der Waals surface area contributed by atoms with E-state index in [0.717, 1.165) is 0 Å². The molecule has 1 aromatic carbocycles. The maximum absolute atomic E-state index is 10.1. The molecule has 0 saturated carbocycles. The standard InChI is InChI=1S/C6H7O4P.Ba/c7-11(8,9)10-6-4-2-1-3-5-6;/h1-5H,(H2,7,8,9);/q;+2/p-2. The number of benzene rings is 1. The number of phosphoric ester groups is 1. The number of phosphoric acid groups is 1. The molecule has 0 saturated heterocycles. The Balaban J connectivity index is 0.00000121. The molecule has 12 heavy (non-hydrogen) atoms. The number of hydrogen-bond donors (Lipinski definition) is 0. The molecule has 0 atom stereocenters.